The Bertz CT molecular complexity index is 1030. The van der Waals surface area contributed by atoms with Gasteiger partial charge in [0.15, 0.2) is 11.5 Å². The van der Waals surface area contributed by atoms with E-state index in [1.54, 1.807) is 0 Å². The van der Waals surface area contributed by atoms with Gasteiger partial charge < -0.3 is 14.8 Å². The molecule has 2 aromatic carbocycles. The summed E-state index contributed by atoms with van der Waals surface area (Å²) in [6, 6.07) is 15.1. The van der Waals surface area contributed by atoms with Crippen LogP contribution in [0.15, 0.2) is 42.5 Å². The molecule has 0 radical (unpaired) electrons. The fraction of sp³-hybridized carbons (Fsp3) is 0.567. The van der Waals surface area contributed by atoms with Gasteiger partial charge in [0, 0.05) is 0 Å². The summed E-state index contributed by atoms with van der Waals surface area (Å²) < 4.78 is 11.5. The first-order valence-electron chi connectivity index (χ1n) is 13.1. The van der Waals surface area contributed by atoms with Crippen molar-refractivity contribution < 1.29 is 14.3 Å². The summed E-state index contributed by atoms with van der Waals surface area (Å²) in [7, 11) is 0. The van der Waals surface area contributed by atoms with Gasteiger partial charge in [-0.05, 0) is 107 Å². The second-order valence-corrected chi connectivity index (χ2v) is 11.2. The summed E-state index contributed by atoms with van der Waals surface area (Å²) in [6.45, 7) is 9.36. The van der Waals surface area contributed by atoms with Crippen LogP contribution in [0.3, 0.4) is 0 Å². The second-order valence-electron chi connectivity index (χ2n) is 11.2. The summed E-state index contributed by atoms with van der Waals surface area (Å²) in [6.07, 6.45) is 6.87. The lowest BCUT2D eigenvalue weighted by Crippen LogP contribution is -2.59. The smallest absolute Gasteiger partial charge is 0.226 e. The van der Waals surface area contributed by atoms with E-state index in [1.165, 1.54) is 30.4 Å². The molecule has 4 fully saturated rings. The minimum Gasteiger partial charge on any atom is -0.490 e. The van der Waals surface area contributed by atoms with Crippen molar-refractivity contribution in [3.05, 3.63) is 59.2 Å². The van der Waals surface area contributed by atoms with Crippen molar-refractivity contribution in [3.8, 4) is 11.5 Å². The Morgan fingerprint density at radius 2 is 1.62 bits per heavy atom. The molecule has 3 unspecified atom stereocenters. The molecule has 6 rings (SSSR count). The van der Waals surface area contributed by atoms with Gasteiger partial charge in [-0.15, -0.1) is 0 Å². The summed E-state index contributed by atoms with van der Waals surface area (Å²) in [5.41, 5.74) is 3.73. The summed E-state index contributed by atoms with van der Waals surface area (Å²) in [5.74, 6) is 3.08. The van der Waals surface area contributed by atoms with Crippen molar-refractivity contribution >= 4 is 5.91 Å². The highest BCUT2D eigenvalue weighted by Gasteiger charge is 2.61. The van der Waals surface area contributed by atoms with Crippen LogP contribution < -0.4 is 14.8 Å². The van der Waals surface area contributed by atoms with E-state index in [-0.39, 0.29) is 22.8 Å². The SMILES string of the molecule is CCOc1ccc(C(C)NC(=O)C23CC4CC(C2)CC(c2ccc(C)cc2)(C4)C3)cc1OCC. The number of carbonyl (C=O) groups excluding carboxylic acids is 1. The average molecular weight is 462 g/mol. The lowest BCUT2D eigenvalue weighted by Gasteiger charge is -2.61. The normalized spacial score (nSPS) is 30.1. The van der Waals surface area contributed by atoms with Crippen LogP contribution in [0.1, 0.15) is 82.0 Å². The molecule has 4 aliphatic carbocycles. The molecule has 4 saturated carbocycles. The third-order valence-electron chi connectivity index (χ3n) is 8.62. The van der Waals surface area contributed by atoms with Crippen LogP contribution in [0.2, 0.25) is 0 Å². The van der Waals surface area contributed by atoms with Crippen molar-refractivity contribution in [1.82, 2.24) is 5.32 Å². The Labute approximate surface area is 204 Å². The van der Waals surface area contributed by atoms with Crippen LogP contribution >= 0.6 is 0 Å². The summed E-state index contributed by atoms with van der Waals surface area (Å²) in [5, 5.41) is 3.42. The molecular formula is C30H39NO3. The number of amides is 1. The highest BCUT2D eigenvalue weighted by atomic mass is 16.5. The standard InChI is InChI=1S/C30H39NO3/c1-5-33-26-12-9-24(14-27(26)34-6-2)21(4)31-28(32)30-17-22-13-23(18-30)16-29(15-22,19-30)25-10-7-20(3)8-11-25/h7-12,14,21-23H,5-6,13,15-19H2,1-4H3,(H,31,32). The molecule has 4 aliphatic rings. The highest BCUT2D eigenvalue weighted by molar-refractivity contribution is 5.84. The van der Waals surface area contributed by atoms with Gasteiger partial charge in [-0.3, -0.25) is 4.79 Å². The molecule has 0 aromatic heterocycles. The molecule has 1 N–H and O–H groups in total. The summed E-state index contributed by atoms with van der Waals surface area (Å²) in [4.78, 5) is 13.9. The maximum Gasteiger partial charge on any atom is 0.226 e. The largest absolute Gasteiger partial charge is 0.490 e. The molecule has 182 valence electrons. The number of benzene rings is 2. The molecule has 2 aromatic rings. The predicted molar refractivity (Wildman–Crippen MR) is 135 cm³/mol. The monoisotopic (exact) mass is 461 g/mol. The van der Waals surface area contributed by atoms with Gasteiger partial charge in [0.25, 0.3) is 0 Å². The first-order chi connectivity index (χ1) is 16.4. The van der Waals surface area contributed by atoms with Gasteiger partial charge in [-0.1, -0.05) is 35.9 Å². The van der Waals surface area contributed by atoms with Crippen LogP contribution in [-0.2, 0) is 10.2 Å². The lowest BCUT2D eigenvalue weighted by molar-refractivity contribution is -0.149. The van der Waals surface area contributed by atoms with E-state index in [0.717, 1.165) is 36.3 Å². The fourth-order valence-electron chi connectivity index (χ4n) is 7.54. The van der Waals surface area contributed by atoms with Gasteiger partial charge in [0.2, 0.25) is 5.91 Å². The maximum atomic E-state index is 13.9. The molecule has 34 heavy (non-hydrogen) atoms. The zero-order valence-electron chi connectivity index (χ0n) is 21.2. The Kier molecular flexibility index (Phi) is 6.12. The number of hydrogen-bond donors (Lipinski definition) is 1. The quantitative estimate of drug-likeness (QED) is 0.488. The van der Waals surface area contributed by atoms with E-state index in [1.807, 2.05) is 32.0 Å². The molecule has 0 saturated heterocycles. The van der Waals surface area contributed by atoms with Crippen molar-refractivity contribution in [3.63, 3.8) is 0 Å². The Balaban J connectivity index is 1.37. The number of hydrogen-bond acceptors (Lipinski definition) is 3. The van der Waals surface area contributed by atoms with Crippen molar-refractivity contribution in [2.75, 3.05) is 13.2 Å². The van der Waals surface area contributed by atoms with Crippen LogP contribution in [0.5, 0.6) is 11.5 Å². The molecule has 4 nitrogen and oxygen atoms in total. The predicted octanol–water partition coefficient (Wildman–Crippen LogP) is 6.51. The number of carbonyl (C=O) groups is 1. The third kappa shape index (κ3) is 4.10. The highest BCUT2D eigenvalue weighted by Crippen LogP contribution is 2.65. The van der Waals surface area contributed by atoms with Gasteiger partial charge in [0.05, 0.1) is 24.7 Å². The van der Waals surface area contributed by atoms with Crippen molar-refractivity contribution in [2.45, 2.75) is 77.7 Å². The zero-order chi connectivity index (χ0) is 23.9. The fourth-order valence-corrected chi connectivity index (χ4v) is 7.54. The average Bonchev–Trinajstić information content (AvgIpc) is 2.80. The molecule has 0 heterocycles. The topological polar surface area (TPSA) is 47.6 Å². The lowest BCUT2D eigenvalue weighted by atomic mass is 9.42. The maximum absolute atomic E-state index is 13.9. The minimum atomic E-state index is -0.239. The number of ether oxygens (including phenoxy) is 2. The number of aryl methyl sites for hydroxylation is 1. The Hall–Kier alpha value is -2.49. The van der Waals surface area contributed by atoms with Crippen molar-refractivity contribution in [1.29, 1.82) is 0 Å². The van der Waals surface area contributed by atoms with Gasteiger partial charge >= 0.3 is 0 Å². The van der Waals surface area contributed by atoms with Crippen LogP contribution in [0.4, 0.5) is 0 Å². The van der Waals surface area contributed by atoms with E-state index in [2.05, 4.69) is 43.4 Å². The molecule has 1 amide bonds. The van der Waals surface area contributed by atoms with E-state index in [9.17, 15) is 4.79 Å². The zero-order valence-corrected chi connectivity index (χ0v) is 21.2. The Morgan fingerprint density at radius 1 is 0.971 bits per heavy atom. The molecule has 0 aliphatic heterocycles. The molecule has 4 heteroatoms. The second kappa shape index (κ2) is 8.94. The number of rotatable bonds is 8. The third-order valence-corrected chi connectivity index (χ3v) is 8.62. The Morgan fingerprint density at radius 3 is 2.26 bits per heavy atom. The van der Waals surface area contributed by atoms with E-state index >= 15 is 0 Å². The van der Waals surface area contributed by atoms with E-state index in [0.29, 0.717) is 25.0 Å². The van der Waals surface area contributed by atoms with Crippen molar-refractivity contribution in [2.24, 2.45) is 17.3 Å². The number of nitrogens with one attached hydrogen (secondary N) is 1. The minimum absolute atomic E-state index is 0.0780. The first kappa shape index (κ1) is 23.3. The molecular weight excluding hydrogens is 422 g/mol. The van der Waals surface area contributed by atoms with Gasteiger partial charge in [0.1, 0.15) is 0 Å². The van der Waals surface area contributed by atoms with E-state index in [4.69, 9.17) is 9.47 Å². The molecule has 0 spiro atoms. The van der Waals surface area contributed by atoms with Gasteiger partial charge in [-0.2, -0.15) is 0 Å². The van der Waals surface area contributed by atoms with Crippen LogP contribution in [-0.4, -0.2) is 19.1 Å². The summed E-state index contributed by atoms with van der Waals surface area (Å²) >= 11 is 0. The van der Waals surface area contributed by atoms with E-state index < -0.39 is 0 Å². The van der Waals surface area contributed by atoms with Crippen LogP contribution in [0, 0.1) is 24.2 Å². The van der Waals surface area contributed by atoms with Gasteiger partial charge in [-0.25, -0.2) is 0 Å². The molecule has 3 atom stereocenters. The first-order valence-corrected chi connectivity index (χ1v) is 13.1. The molecule has 4 bridgehead atoms. The van der Waals surface area contributed by atoms with Crippen LogP contribution in [0.25, 0.3) is 0 Å².